The van der Waals surface area contributed by atoms with Gasteiger partial charge in [0.15, 0.2) is 5.13 Å². The molecular weight excluding hydrogens is 277 g/mol. The third-order valence-corrected chi connectivity index (χ3v) is 3.34. The lowest BCUT2D eigenvalue weighted by Crippen LogP contribution is -2.11. The van der Waals surface area contributed by atoms with Gasteiger partial charge in [-0.25, -0.2) is 9.37 Å². The molecule has 3 N–H and O–H groups in total. The third-order valence-electron chi connectivity index (χ3n) is 2.14. The van der Waals surface area contributed by atoms with Crippen molar-refractivity contribution in [3.05, 3.63) is 39.6 Å². The molecule has 7 heteroatoms. The van der Waals surface area contributed by atoms with Crippen LogP contribution < -0.4 is 11.1 Å². The molecular formula is C11H9ClFN3OS. The number of nitrogens with zero attached hydrogens (tertiary/aromatic N) is 1. The summed E-state index contributed by atoms with van der Waals surface area (Å²) in [5.41, 5.74) is 6.33. The number of carbonyl (C=O) groups excluding carboxylic acids is 1. The molecule has 0 spiro atoms. The van der Waals surface area contributed by atoms with Crippen LogP contribution in [0.15, 0.2) is 18.2 Å². The number of anilines is 2. The molecule has 1 aromatic heterocycles. The van der Waals surface area contributed by atoms with E-state index in [-0.39, 0.29) is 16.6 Å². The van der Waals surface area contributed by atoms with Crippen molar-refractivity contribution in [2.24, 2.45) is 0 Å². The van der Waals surface area contributed by atoms with E-state index < -0.39 is 5.82 Å². The van der Waals surface area contributed by atoms with E-state index in [1.807, 2.05) is 0 Å². The Labute approximate surface area is 112 Å². The smallest absolute Gasteiger partial charge is 0.267 e. The number of nitrogens with two attached hydrogens (primary N) is 1. The van der Waals surface area contributed by atoms with Gasteiger partial charge in [-0.05, 0) is 25.1 Å². The van der Waals surface area contributed by atoms with Crippen LogP contribution in [0.2, 0.25) is 5.02 Å². The first-order valence-electron chi connectivity index (χ1n) is 4.96. The standard InChI is InChI=1S/C11H9ClFN3OS/c1-5-9(18-11(14)15-5)10(17)16-8-3-6(12)2-7(13)4-8/h2-4H,1H3,(H2,14,15)(H,16,17). The Kier molecular flexibility index (Phi) is 3.49. The van der Waals surface area contributed by atoms with Crippen LogP contribution in [0, 0.1) is 12.7 Å². The highest BCUT2D eigenvalue weighted by Gasteiger charge is 2.14. The molecule has 0 saturated heterocycles. The molecule has 0 aliphatic carbocycles. The highest BCUT2D eigenvalue weighted by Crippen LogP contribution is 2.23. The molecule has 0 radical (unpaired) electrons. The van der Waals surface area contributed by atoms with Crippen molar-refractivity contribution in [1.29, 1.82) is 0 Å². The van der Waals surface area contributed by atoms with Crippen molar-refractivity contribution in [2.75, 3.05) is 11.1 Å². The molecule has 2 aromatic rings. The fourth-order valence-electron chi connectivity index (χ4n) is 1.44. The minimum Gasteiger partial charge on any atom is -0.375 e. The predicted octanol–water partition coefficient (Wildman–Crippen LogP) is 3.08. The van der Waals surface area contributed by atoms with E-state index in [1.165, 1.54) is 12.1 Å². The summed E-state index contributed by atoms with van der Waals surface area (Å²) in [7, 11) is 0. The average Bonchev–Trinajstić information content (AvgIpc) is 2.56. The van der Waals surface area contributed by atoms with E-state index in [0.717, 1.165) is 17.4 Å². The maximum absolute atomic E-state index is 13.1. The number of thiazole rings is 1. The summed E-state index contributed by atoms with van der Waals surface area (Å²) in [5, 5.41) is 3.07. The van der Waals surface area contributed by atoms with Crippen molar-refractivity contribution >= 4 is 39.7 Å². The molecule has 0 aliphatic heterocycles. The van der Waals surface area contributed by atoms with Gasteiger partial charge in [0, 0.05) is 10.7 Å². The number of benzene rings is 1. The van der Waals surface area contributed by atoms with Crippen molar-refractivity contribution in [3.63, 3.8) is 0 Å². The molecule has 4 nitrogen and oxygen atoms in total. The van der Waals surface area contributed by atoms with Crippen molar-refractivity contribution in [2.45, 2.75) is 6.92 Å². The molecule has 0 unspecified atom stereocenters. The molecule has 1 heterocycles. The zero-order valence-electron chi connectivity index (χ0n) is 9.33. The van der Waals surface area contributed by atoms with Gasteiger partial charge >= 0.3 is 0 Å². The number of amides is 1. The van der Waals surface area contributed by atoms with Gasteiger partial charge in [-0.1, -0.05) is 22.9 Å². The Morgan fingerprint density at radius 2 is 2.22 bits per heavy atom. The molecule has 1 aromatic carbocycles. The molecule has 1 amide bonds. The summed E-state index contributed by atoms with van der Waals surface area (Å²) < 4.78 is 13.1. The number of carbonyl (C=O) groups is 1. The predicted molar refractivity (Wildman–Crippen MR) is 70.6 cm³/mol. The minimum atomic E-state index is -0.515. The SMILES string of the molecule is Cc1nc(N)sc1C(=O)Nc1cc(F)cc(Cl)c1. The first kappa shape index (κ1) is 12.8. The number of aromatic nitrogens is 1. The normalized spacial score (nSPS) is 10.4. The lowest BCUT2D eigenvalue weighted by molar-refractivity contribution is 0.103. The van der Waals surface area contributed by atoms with Crippen LogP contribution in [-0.2, 0) is 0 Å². The van der Waals surface area contributed by atoms with Crippen LogP contribution >= 0.6 is 22.9 Å². The number of hydrogen-bond acceptors (Lipinski definition) is 4. The van der Waals surface area contributed by atoms with Gasteiger partial charge in [0.25, 0.3) is 5.91 Å². The molecule has 18 heavy (non-hydrogen) atoms. The van der Waals surface area contributed by atoms with E-state index in [4.69, 9.17) is 17.3 Å². The second-order valence-electron chi connectivity index (χ2n) is 3.58. The van der Waals surface area contributed by atoms with Gasteiger partial charge in [-0.3, -0.25) is 4.79 Å². The van der Waals surface area contributed by atoms with E-state index >= 15 is 0 Å². The van der Waals surface area contributed by atoms with E-state index in [1.54, 1.807) is 6.92 Å². The second-order valence-corrected chi connectivity index (χ2v) is 5.05. The molecule has 0 atom stereocenters. The topological polar surface area (TPSA) is 68.0 Å². The Hall–Kier alpha value is -1.66. The summed E-state index contributed by atoms with van der Waals surface area (Å²) in [4.78, 5) is 16.2. The third kappa shape index (κ3) is 2.77. The van der Waals surface area contributed by atoms with Crippen LogP contribution in [-0.4, -0.2) is 10.9 Å². The quantitative estimate of drug-likeness (QED) is 0.891. The number of rotatable bonds is 2. The highest BCUT2D eigenvalue weighted by atomic mass is 35.5. The Morgan fingerprint density at radius 3 is 2.78 bits per heavy atom. The molecule has 94 valence electrons. The van der Waals surface area contributed by atoms with Gasteiger partial charge in [-0.2, -0.15) is 0 Å². The zero-order chi connectivity index (χ0) is 13.3. The molecule has 0 aliphatic rings. The van der Waals surface area contributed by atoms with Crippen LogP contribution in [0.25, 0.3) is 0 Å². The minimum absolute atomic E-state index is 0.214. The number of halogens is 2. The maximum Gasteiger partial charge on any atom is 0.267 e. The fourth-order valence-corrected chi connectivity index (χ4v) is 2.39. The van der Waals surface area contributed by atoms with Crippen LogP contribution in [0.3, 0.4) is 0 Å². The number of aryl methyl sites for hydroxylation is 1. The summed E-state index contributed by atoms with van der Waals surface area (Å²) >= 11 is 6.77. The van der Waals surface area contributed by atoms with E-state index in [2.05, 4.69) is 10.3 Å². The van der Waals surface area contributed by atoms with Crippen molar-refractivity contribution in [1.82, 2.24) is 4.98 Å². The van der Waals surface area contributed by atoms with E-state index in [0.29, 0.717) is 15.7 Å². The Morgan fingerprint density at radius 1 is 1.50 bits per heavy atom. The van der Waals surface area contributed by atoms with Crippen molar-refractivity contribution in [3.8, 4) is 0 Å². The molecule has 0 bridgehead atoms. The monoisotopic (exact) mass is 285 g/mol. The van der Waals surface area contributed by atoms with Crippen LogP contribution in [0.5, 0.6) is 0 Å². The average molecular weight is 286 g/mol. The molecule has 2 rings (SSSR count). The van der Waals surface area contributed by atoms with Crippen LogP contribution in [0.1, 0.15) is 15.4 Å². The largest absolute Gasteiger partial charge is 0.375 e. The van der Waals surface area contributed by atoms with Crippen LogP contribution in [0.4, 0.5) is 15.2 Å². The summed E-state index contributed by atoms with van der Waals surface area (Å²) in [6, 6.07) is 3.80. The lowest BCUT2D eigenvalue weighted by atomic mass is 10.3. The summed E-state index contributed by atoms with van der Waals surface area (Å²) in [6.07, 6.45) is 0. The highest BCUT2D eigenvalue weighted by molar-refractivity contribution is 7.17. The molecule has 0 fully saturated rings. The maximum atomic E-state index is 13.1. The van der Waals surface area contributed by atoms with Gasteiger partial charge in [-0.15, -0.1) is 0 Å². The van der Waals surface area contributed by atoms with Gasteiger partial charge in [0.1, 0.15) is 10.7 Å². The number of nitrogen functional groups attached to an aromatic ring is 1. The molecule has 0 saturated carbocycles. The first-order chi connectivity index (χ1) is 8.45. The Bertz CT molecular complexity index is 594. The Balaban J connectivity index is 2.23. The lowest BCUT2D eigenvalue weighted by Gasteiger charge is -2.04. The van der Waals surface area contributed by atoms with Gasteiger partial charge < -0.3 is 11.1 Å². The number of hydrogen-bond donors (Lipinski definition) is 2. The van der Waals surface area contributed by atoms with Crippen molar-refractivity contribution < 1.29 is 9.18 Å². The van der Waals surface area contributed by atoms with Gasteiger partial charge in [0.05, 0.1) is 5.69 Å². The second kappa shape index (κ2) is 4.91. The number of nitrogens with one attached hydrogen (secondary N) is 1. The summed E-state index contributed by atoms with van der Waals surface area (Å²) in [5.74, 6) is -0.901. The van der Waals surface area contributed by atoms with Gasteiger partial charge in [0.2, 0.25) is 0 Å². The van der Waals surface area contributed by atoms with E-state index in [9.17, 15) is 9.18 Å². The zero-order valence-corrected chi connectivity index (χ0v) is 10.9. The first-order valence-corrected chi connectivity index (χ1v) is 6.15. The summed E-state index contributed by atoms with van der Waals surface area (Å²) in [6.45, 7) is 1.68. The fraction of sp³-hybridized carbons (Fsp3) is 0.0909.